The van der Waals surface area contributed by atoms with Crippen LogP contribution in [0.2, 0.25) is 0 Å². The molecule has 0 saturated heterocycles. The second kappa shape index (κ2) is 7.68. The molecule has 0 fully saturated rings. The Kier molecular flexibility index (Phi) is 6.21. The van der Waals surface area contributed by atoms with E-state index in [1.165, 1.54) is 0 Å². The number of amides is 2. The largest absolute Gasteiger partial charge is 0.329 e. The summed E-state index contributed by atoms with van der Waals surface area (Å²) in [6, 6.07) is 7.00. The highest BCUT2D eigenvalue weighted by Gasteiger charge is 2.13. The van der Waals surface area contributed by atoms with Crippen molar-refractivity contribution in [3.8, 4) is 0 Å². The summed E-state index contributed by atoms with van der Waals surface area (Å²) in [7, 11) is 0. The average molecular weight is 326 g/mol. The Morgan fingerprint density at radius 2 is 1.89 bits per heavy atom. The van der Waals surface area contributed by atoms with Crippen LogP contribution in [0.5, 0.6) is 0 Å². The van der Waals surface area contributed by atoms with Crippen molar-refractivity contribution in [2.45, 2.75) is 26.7 Å². The van der Waals surface area contributed by atoms with Crippen molar-refractivity contribution in [2.75, 3.05) is 5.32 Å². The van der Waals surface area contributed by atoms with Crippen LogP contribution in [0, 0.1) is 0 Å². The van der Waals surface area contributed by atoms with Crippen LogP contribution in [0.1, 0.15) is 26.7 Å². The number of nitrogens with zero attached hydrogens (tertiary/aromatic N) is 1. The summed E-state index contributed by atoms with van der Waals surface area (Å²) in [4.78, 5) is 23.1. The van der Waals surface area contributed by atoms with Gasteiger partial charge in [-0.15, -0.1) is 0 Å². The zero-order valence-corrected chi connectivity index (χ0v) is 12.5. The lowest BCUT2D eigenvalue weighted by Gasteiger charge is -2.05. The number of halogens is 1. The molecule has 0 spiro atoms. The number of hydrogen-bond donors (Lipinski definition) is 2. The van der Waals surface area contributed by atoms with Gasteiger partial charge in [-0.25, -0.2) is 5.43 Å². The summed E-state index contributed by atoms with van der Waals surface area (Å²) < 4.78 is 0.822. The van der Waals surface area contributed by atoms with E-state index >= 15 is 0 Å². The first-order chi connectivity index (χ1) is 9.06. The first-order valence-electron chi connectivity index (χ1n) is 5.99. The third-order valence-corrected chi connectivity index (χ3v) is 2.91. The minimum absolute atomic E-state index is 0.546. The molecule has 6 heteroatoms. The highest BCUT2D eigenvalue weighted by atomic mass is 79.9. The normalized spacial score (nSPS) is 9.63. The average Bonchev–Trinajstić information content (AvgIpc) is 2.39. The van der Waals surface area contributed by atoms with Crippen LogP contribution in [-0.4, -0.2) is 17.5 Å². The molecule has 0 heterocycles. The molecule has 102 valence electrons. The number of hydrogen-bond acceptors (Lipinski definition) is 3. The minimum Gasteiger partial charge on any atom is -0.318 e. The first-order valence-corrected chi connectivity index (χ1v) is 6.78. The Labute approximate surface area is 120 Å². The first kappa shape index (κ1) is 15.4. The molecular weight excluding hydrogens is 310 g/mol. The Balaban J connectivity index is 2.59. The van der Waals surface area contributed by atoms with Crippen molar-refractivity contribution in [1.82, 2.24) is 5.43 Å². The second-order valence-electron chi connectivity index (χ2n) is 3.79. The number of anilines is 1. The molecule has 2 N–H and O–H groups in total. The fourth-order valence-corrected chi connectivity index (χ4v) is 1.74. The summed E-state index contributed by atoms with van der Waals surface area (Å²) in [6.45, 7) is 3.88. The molecule has 1 aromatic carbocycles. The Morgan fingerprint density at radius 3 is 2.47 bits per heavy atom. The Bertz CT molecular complexity index is 494. The van der Waals surface area contributed by atoms with E-state index in [-0.39, 0.29) is 0 Å². The number of rotatable bonds is 4. The van der Waals surface area contributed by atoms with Crippen molar-refractivity contribution >= 4 is 39.1 Å². The van der Waals surface area contributed by atoms with Crippen molar-refractivity contribution in [3.63, 3.8) is 0 Å². The fourth-order valence-electron chi connectivity index (χ4n) is 1.34. The highest BCUT2D eigenvalue weighted by Crippen LogP contribution is 2.15. The van der Waals surface area contributed by atoms with Gasteiger partial charge in [-0.1, -0.05) is 35.8 Å². The van der Waals surface area contributed by atoms with E-state index in [4.69, 9.17) is 0 Å². The van der Waals surface area contributed by atoms with Crippen LogP contribution in [0.15, 0.2) is 33.8 Å². The highest BCUT2D eigenvalue weighted by molar-refractivity contribution is 9.10. The third-order valence-electron chi connectivity index (χ3n) is 2.42. The predicted octanol–water partition coefficient (Wildman–Crippen LogP) is 2.68. The van der Waals surface area contributed by atoms with Gasteiger partial charge in [-0.05, 0) is 31.0 Å². The maximum atomic E-state index is 11.6. The van der Waals surface area contributed by atoms with Crippen LogP contribution >= 0.6 is 15.9 Å². The quantitative estimate of drug-likeness (QED) is 0.507. The fraction of sp³-hybridized carbons (Fsp3) is 0.308. The summed E-state index contributed by atoms with van der Waals surface area (Å²) in [6.07, 6.45) is 1.48. The van der Waals surface area contributed by atoms with E-state index in [9.17, 15) is 9.59 Å². The lowest BCUT2D eigenvalue weighted by atomic mass is 10.2. The molecule has 0 aliphatic rings. The molecule has 1 aromatic rings. The van der Waals surface area contributed by atoms with Crippen molar-refractivity contribution in [1.29, 1.82) is 0 Å². The van der Waals surface area contributed by atoms with Crippen LogP contribution in [0.25, 0.3) is 0 Å². The molecule has 2 amide bonds. The van der Waals surface area contributed by atoms with Gasteiger partial charge in [-0.2, -0.15) is 5.10 Å². The van der Waals surface area contributed by atoms with Gasteiger partial charge in [0.05, 0.1) is 0 Å². The summed E-state index contributed by atoms with van der Waals surface area (Å²) in [5, 5.41) is 6.38. The minimum atomic E-state index is -0.778. The van der Waals surface area contributed by atoms with Crippen molar-refractivity contribution in [2.24, 2.45) is 5.10 Å². The monoisotopic (exact) mass is 325 g/mol. The lowest BCUT2D eigenvalue weighted by Crippen LogP contribution is -2.33. The molecule has 0 atom stereocenters. The number of hydrazone groups is 1. The molecule has 1 rings (SSSR count). The van der Waals surface area contributed by atoms with Gasteiger partial charge in [0.1, 0.15) is 0 Å². The molecule has 0 aromatic heterocycles. The van der Waals surface area contributed by atoms with Crippen molar-refractivity contribution < 1.29 is 9.59 Å². The van der Waals surface area contributed by atoms with E-state index < -0.39 is 11.8 Å². The predicted molar refractivity (Wildman–Crippen MR) is 78.9 cm³/mol. The number of nitrogens with one attached hydrogen (secondary N) is 2. The van der Waals surface area contributed by atoms with Gasteiger partial charge < -0.3 is 5.32 Å². The van der Waals surface area contributed by atoms with E-state index in [1.54, 1.807) is 18.2 Å². The summed E-state index contributed by atoms with van der Waals surface area (Å²) in [5.41, 5.74) is 3.63. The molecule has 0 aliphatic carbocycles. The van der Waals surface area contributed by atoms with Gasteiger partial charge in [-0.3, -0.25) is 9.59 Å². The number of benzene rings is 1. The van der Waals surface area contributed by atoms with Crippen LogP contribution in [0.3, 0.4) is 0 Å². The SMILES string of the molecule is CCC(CC)=NNC(=O)C(=O)Nc1cccc(Br)c1. The van der Waals surface area contributed by atoms with E-state index in [1.807, 2.05) is 19.9 Å². The van der Waals surface area contributed by atoms with Gasteiger partial charge in [0, 0.05) is 15.9 Å². The number of carbonyl (C=O) groups is 2. The maximum Gasteiger partial charge on any atom is 0.329 e. The molecule has 0 unspecified atom stereocenters. The van der Waals surface area contributed by atoms with Crippen LogP contribution in [0.4, 0.5) is 5.69 Å². The molecular formula is C13H16BrN3O2. The number of carbonyl (C=O) groups excluding carboxylic acids is 2. The van der Waals surface area contributed by atoms with Gasteiger partial charge >= 0.3 is 11.8 Å². The van der Waals surface area contributed by atoms with Gasteiger partial charge in [0.15, 0.2) is 0 Å². The topological polar surface area (TPSA) is 70.6 Å². The van der Waals surface area contributed by atoms with E-state index in [0.29, 0.717) is 5.69 Å². The van der Waals surface area contributed by atoms with Crippen LogP contribution in [-0.2, 0) is 9.59 Å². The van der Waals surface area contributed by atoms with Gasteiger partial charge in [0.25, 0.3) is 0 Å². The molecule has 0 bridgehead atoms. The molecule has 0 radical (unpaired) electrons. The zero-order valence-electron chi connectivity index (χ0n) is 10.9. The lowest BCUT2D eigenvalue weighted by molar-refractivity contribution is -0.136. The second-order valence-corrected chi connectivity index (χ2v) is 4.71. The molecule has 5 nitrogen and oxygen atoms in total. The standard InChI is InChI=1S/C13H16BrN3O2/c1-3-10(4-2)16-17-13(19)12(18)15-11-7-5-6-9(14)8-11/h5-8H,3-4H2,1-2H3,(H,15,18)(H,17,19). The zero-order chi connectivity index (χ0) is 14.3. The van der Waals surface area contributed by atoms with E-state index in [2.05, 4.69) is 31.8 Å². The Morgan fingerprint density at radius 1 is 1.21 bits per heavy atom. The van der Waals surface area contributed by atoms with E-state index in [0.717, 1.165) is 23.0 Å². The summed E-state index contributed by atoms with van der Waals surface area (Å²) in [5.74, 6) is -1.52. The van der Waals surface area contributed by atoms with Crippen molar-refractivity contribution in [3.05, 3.63) is 28.7 Å². The third kappa shape index (κ3) is 5.21. The van der Waals surface area contributed by atoms with Gasteiger partial charge in [0.2, 0.25) is 0 Å². The smallest absolute Gasteiger partial charge is 0.318 e. The molecule has 19 heavy (non-hydrogen) atoms. The van der Waals surface area contributed by atoms with Crippen LogP contribution < -0.4 is 10.7 Å². The Hall–Kier alpha value is -1.69. The molecule has 0 saturated carbocycles. The maximum absolute atomic E-state index is 11.6. The molecule has 0 aliphatic heterocycles. The summed E-state index contributed by atoms with van der Waals surface area (Å²) >= 11 is 3.28.